The maximum atomic E-state index is 13.1. The van der Waals surface area contributed by atoms with Crippen LogP contribution in [0.25, 0.3) is 11.3 Å². The molecule has 0 saturated heterocycles. The van der Waals surface area contributed by atoms with E-state index in [1.165, 1.54) is 24.6 Å². The fourth-order valence-corrected chi connectivity index (χ4v) is 2.87. The number of halogens is 1. The van der Waals surface area contributed by atoms with Crippen molar-refractivity contribution in [2.45, 2.75) is 59.0 Å². The summed E-state index contributed by atoms with van der Waals surface area (Å²) in [6.45, 7) is 6.24. The van der Waals surface area contributed by atoms with E-state index < -0.39 is 0 Å². The molecule has 146 valence electrons. The number of carbonyl (C=O) groups excluding carboxylic acids is 1. The number of benzene rings is 1. The molecule has 2 rings (SSSR count). The Morgan fingerprint density at radius 3 is 2.41 bits per heavy atom. The molecule has 0 fully saturated rings. The van der Waals surface area contributed by atoms with Crippen molar-refractivity contribution < 1.29 is 9.18 Å². The molecule has 1 heterocycles. The van der Waals surface area contributed by atoms with Crippen molar-refractivity contribution in [2.75, 3.05) is 0 Å². The van der Waals surface area contributed by atoms with Gasteiger partial charge in [-0.2, -0.15) is 5.10 Å². The Kier molecular flexibility index (Phi) is 7.70. The number of amides is 1. The molecule has 1 aromatic heterocycles. The maximum absolute atomic E-state index is 13.1. The van der Waals surface area contributed by atoms with Crippen LogP contribution < -0.4 is 10.9 Å². The highest BCUT2D eigenvalue weighted by Crippen LogP contribution is 2.15. The first-order valence-corrected chi connectivity index (χ1v) is 9.48. The smallest absolute Gasteiger partial charge is 0.267 e. The van der Waals surface area contributed by atoms with Crippen molar-refractivity contribution in [3.63, 3.8) is 0 Å². The predicted molar refractivity (Wildman–Crippen MR) is 105 cm³/mol. The number of nitrogens with zero attached hydrogens (tertiary/aromatic N) is 2. The molecule has 2 aromatic rings. The van der Waals surface area contributed by atoms with Gasteiger partial charge in [-0.15, -0.1) is 0 Å². The monoisotopic (exact) mass is 373 g/mol. The quantitative estimate of drug-likeness (QED) is 0.681. The first kappa shape index (κ1) is 20.8. The fraction of sp³-hybridized carbons (Fsp3) is 0.476. The second kappa shape index (κ2) is 10.00. The van der Waals surface area contributed by atoms with E-state index in [1.807, 2.05) is 6.92 Å². The van der Waals surface area contributed by atoms with E-state index in [2.05, 4.69) is 24.3 Å². The van der Waals surface area contributed by atoms with Crippen LogP contribution in [0.5, 0.6) is 0 Å². The minimum Gasteiger partial charge on any atom is -0.352 e. The van der Waals surface area contributed by atoms with Gasteiger partial charge in [-0.3, -0.25) is 9.59 Å². The Morgan fingerprint density at radius 2 is 1.74 bits per heavy atom. The Balaban J connectivity index is 1.94. The lowest BCUT2D eigenvalue weighted by Gasteiger charge is -2.15. The summed E-state index contributed by atoms with van der Waals surface area (Å²) in [6.07, 6.45) is 4.32. The second-order valence-electron chi connectivity index (χ2n) is 7.37. The highest BCUT2D eigenvalue weighted by Gasteiger charge is 2.11. The molecule has 0 aliphatic rings. The van der Waals surface area contributed by atoms with Crippen LogP contribution in [0.1, 0.15) is 46.5 Å². The molecule has 0 radical (unpaired) electrons. The number of hydrogen-bond donors (Lipinski definition) is 1. The van der Waals surface area contributed by atoms with E-state index in [4.69, 9.17) is 0 Å². The van der Waals surface area contributed by atoms with E-state index in [-0.39, 0.29) is 29.9 Å². The molecule has 0 aliphatic heterocycles. The molecular weight excluding hydrogens is 345 g/mol. The molecule has 1 amide bonds. The summed E-state index contributed by atoms with van der Waals surface area (Å²) in [5.74, 6) is 0.118. The highest BCUT2D eigenvalue weighted by atomic mass is 19.1. The SMILES string of the molecule is CC(C)CCCC[C@@H](C)NC(=O)Cn1nc(-c2ccc(F)cc2)ccc1=O. The minimum absolute atomic E-state index is 0.0562. The predicted octanol–water partition coefficient (Wildman–Crippen LogP) is 3.77. The van der Waals surface area contributed by atoms with E-state index in [1.54, 1.807) is 18.2 Å². The first-order valence-electron chi connectivity index (χ1n) is 9.48. The lowest BCUT2D eigenvalue weighted by atomic mass is 10.0. The molecule has 0 spiro atoms. The topological polar surface area (TPSA) is 64.0 Å². The van der Waals surface area contributed by atoms with Crippen LogP contribution >= 0.6 is 0 Å². The van der Waals surface area contributed by atoms with Gasteiger partial charge in [0.1, 0.15) is 12.4 Å². The van der Waals surface area contributed by atoms with Crippen LogP contribution in [0.2, 0.25) is 0 Å². The normalized spacial score (nSPS) is 12.2. The van der Waals surface area contributed by atoms with Gasteiger partial charge < -0.3 is 5.32 Å². The third kappa shape index (κ3) is 6.96. The summed E-state index contributed by atoms with van der Waals surface area (Å²) in [5, 5.41) is 7.16. The molecule has 1 aromatic carbocycles. The third-order valence-corrected chi connectivity index (χ3v) is 4.38. The van der Waals surface area contributed by atoms with Gasteiger partial charge >= 0.3 is 0 Å². The van der Waals surface area contributed by atoms with E-state index >= 15 is 0 Å². The number of carbonyl (C=O) groups is 1. The molecule has 0 saturated carbocycles. The van der Waals surface area contributed by atoms with E-state index in [0.717, 1.165) is 23.9 Å². The Bertz CT molecular complexity index is 800. The molecule has 27 heavy (non-hydrogen) atoms. The van der Waals surface area contributed by atoms with Crippen LogP contribution in [-0.4, -0.2) is 21.7 Å². The Labute approximate surface area is 159 Å². The van der Waals surface area contributed by atoms with Crippen LogP contribution in [0.4, 0.5) is 4.39 Å². The highest BCUT2D eigenvalue weighted by molar-refractivity contribution is 5.76. The van der Waals surface area contributed by atoms with Gasteiger partial charge in [-0.25, -0.2) is 9.07 Å². The summed E-state index contributed by atoms with van der Waals surface area (Å²) in [4.78, 5) is 24.3. The average Bonchev–Trinajstić information content (AvgIpc) is 2.61. The van der Waals surface area contributed by atoms with Gasteiger partial charge in [0, 0.05) is 17.7 Å². The second-order valence-corrected chi connectivity index (χ2v) is 7.37. The average molecular weight is 373 g/mol. The van der Waals surface area contributed by atoms with Gasteiger partial charge in [0.15, 0.2) is 0 Å². The van der Waals surface area contributed by atoms with Crippen molar-refractivity contribution in [1.29, 1.82) is 0 Å². The summed E-state index contributed by atoms with van der Waals surface area (Å²) in [5.41, 5.74) is 0.855. The number of unbranched alkanes of at least 4 members (excludes halogenated alkanes) is 1. The zero-order chi connectivity index (χ0) is 19.8. The van der Waals surface area contributed by atoms with Crippen molar-refractivity contribution in [3.8, 4) is 11.3 Å². The number of hydrogen-bond acceptors (Lipinski definition) is 3. The Hall–Kier alpha value is -2.50. The van der Waals surface area contributed by atoms with Crippen LogP contribution in [0.3, 0.4) is 0 Å². The van der Waals surface area contributed by atoms with Gasteiger partial charge in [-0.1, -0.05) is 33.1 Å². The zero-order valence-corrected chi connectivity index (χ0v) is 16.2. The number of nitrogens with one attached hydrogen (secondary N) is 1. The zero-order valence-electron chi connectivity index (χ0n) is 16.2. The van der Waals surface area contributed by atoms with Gasteiger partial charge in [0.25, 0.3) is 5.56 Å². The van der Waals surface area contributed by atoms with Crippen molar-refractivity contribution >= 4 is 5.91 Å². The maximum Gasteiger partial charge on any atom is 0.267 e. The van der Waals surface area contributed by atoms with Crippen LogP contribution in [0, 0.1) is 11.7 Å². The molecule has 5 nitrogen and oxygen atoms in total. The molecule has 1 atom stereocenters. The molecule has 1 N–H and O–H groups in total. The number of rotatable bonds is 9. The Morgan fingerprint density at radius 1 is 1.07 bits per heavy atom. The molecule has 0 aliphatic carbocycles. The minimum atomic E-state index is -0.347. The summed E-state index contributed by atoms with van der Waals surface area (Å²) in [6, 6.07) is 8.84. The molecule has 6 heteroatoms. The van der Waals surface area contributed by atoms with Crippen LogP contribution in [-0.2, 0) is 11.3 Å². The summed E-state index contributed by atoms with van der Waals surface area (Å²) >= 11 is 0. The van der Waals surface area contributed by atoms with Crippen molar-refractivity contribution in [2.24, 2.45) is 5.92 Å². The molecular formula is C21H28FN3O2. The van der Waals surface area contributed by atoms with Gasteiger partial charge in [-0.05, 0) is 49.6 Å². The summed E-state index contributed by atoms with van der Waals surface area (Å²) < 4.78 is 14.2. The molecule has 0 bridgehead atoms. The molecule has 0 unspecified atom stereocenters. The first-order chi connectivity index (χ1) is 12.8. The van der Waals surface area contributed by atoms with Gasteiger partial charge in [0.05, 0.1) is 5.69 Å². The van der Waals surface area contributed by atoms with Crippen molar-refractivity contribution in [3.05, 3.63) is 52.6 Å². The van der Waals surface area contributed by atoms with Crippen molar-refractivity contribution in [1.82, 2.24) is 15.1 Å². The lowest BCUT2D eigenvalue weighted by molar-refractivity contribution is -0.122. The fourth-order valence-electron chi connectivity index (χ4n) is 2.87. The van der Waals surface area contributed by atoms with Crippen LogP contribution in [0.15, 0.2) is 41.2 Å². The summed E-state index contributed by atoms with van der Waals surface area (Å²) in [7, 11) is 0. The standard InChI is InChI=1S/C21H28FN3O2/c1-15(2)6-4-5-7-16(3)23-20(26)14-25-21(27)13-12-19(24-25)17-8-10-18(22)11-9-17/h8-13,15-16H,4-7,14H2,1-3H3,(H,23,26)/t16-/m1/s1. The largest absolute Gasteiger partial charge is 0.352 e. The lowest BCUT2D eigenvalue weighted by Crippen LogP contribution is -2.38. The van der Waals surface area contributed by atoms with E-state index in [9.17, 15) is 14.0 Å². The van der Waals surface area contributed by atoms with Gasteiger partial charge in [0.2, 0.25) is 5.91 Å². The number of aromatic nitrogens is 2. The van der Waals surface area contributed by atoms with E-state index in [0.29, 0.717) is 17.2 Å². The third-order valence-electron chi connectivity index (χ3n) is 4.38.